The summed E-state index contributed by atoms with van der Waals surface area (Å²) in [4.78, 5) is 14.7. The molecule has 1 aromatic carbocycles. The minimum Gasteiger partial charge on any atom is -0.385 e. The van der Waals surface area contributed by atoms with Crippen LogP contribution in [0, 0.1) is 5.92 Å². The molecular weight excluding hydrogens is 248 g/mol. The summed E-state index contributed by atoms with van der Waals surface area (Å²) in [6.07, 6.45) is 3.41. The van der Waals surface area contributed by atoms with E-state index >= 15 is 0 Å². The van der Waals surface area contributed by atoms with Gasteiger partial charge in [-0.15, -0.1) is 0 Å². The molecule has 0 atom stereocenters. The Morgan fingerprint density at radius 2 is 1.95 bits per heavy atom. The zero-order valence-electron chi connectivity index (χ0n) is 12.9. The Labute approximate surface area is 122 Å². The Bertz CT molecular complexity index is 435. The standard InChI is InChI=1S/C17H26N2O/c1-4-18-15-7-5-14(6-8-15)17(20)19(16-9-10-16)12-11-13(2)3/h5-8,13,16,18H,4,9-12H2,1-3H3. The van der Waals surface area contributed by atoms with Gasteiger partial charge < -0.3 is 10.2 Å². The number of carbonyl (C=O) groups is 1. The third-order valence-electron chi connectivity index (χ3n) is 3.71. The van der Waals surface area contributed by atoms with Gasteiger partial charge in [-0.3, -0.25) is 4.79 Å². The fourth-order valence-electron chi connectivity index (χ4n) is 2.33. The van der Waals surface area contributed by atoms with Crippen LogP contribution in [0.2, 0.25) is 0 Å². The molecule has 1 N–H and O–H groups in total. The molecule has 0 heterocycles. The quantitative estimate of drug-likeness (QED) is 0.821. The molecule has 1 aliphatic carbocycles. The Balaban J connectivity index is 2.02. The van der Waals surface area contributed by atoms with Crippen LogP contribution >= 0.6 is 0 Å². The fourth-order valence-corrected chi connectivity index (χ4v) is 2.33. The van der Waals surface area contributed by atoms with Crippen LogP contribution in [0.5, 0.6) is 0 Å². The molecule has 1 aliphatic rings. The topological polar surface area (TPSA) is 32.3 Å². The molecule has 3 nitrogen and oxygen atoms in total. The molecule has 20 heavy (non-hydrogen) atoms. The average molecular weight is 274 g/mol. The molecule has 110 valence electrons. The van der Waals surface area contributed by atoms with Gasteiger partial charge in [-0.05, 0) is 56.4 Å². The smallest absolute Gasteiger partial charge is 0.254 e. The van der Waals surface area contributed by atoms with Crippen LogP contribution in [0.4, 0.5) is 5.69 Å². The van der Waals surface area contributed by atoms with Gasteiger partial charge in [0, 0.05) is 30.4 Å². The third-order valence-corrected chi connectivity index (χ3v) is 3.71. The van der Waals surface area contributed by atoms with Gasteiger partial charge in [-0.25, -0.2) is 0 Å². The van der Waals surface area contributed by atoms with E-state index in [9.17, 15) is 4.79 Å². The van der Waals surface area contributed by atoms with Gasteiger partial charge in [-0.2, -0.15) is 0 Å². The first-order valence-electron chi connectivity index (χ1n) is 7.76. The largest absolute Gasteiger partial charge is 0.385 e. The van der Waals surface area contributed by atoms with Crippen molar-refractivity contribution in [3.8, 4) is 0 Å². The number of benzene rings is 1. The van der Waals surface area contributed by atoms with Gasteiger partial charge in [-0.1, -0.05) is 13.8 Å². The van der Waals surface area contributed by atoms with Crippen molar-refractivity contribution in [3.63, 3.8) is 0 Å². The van der Waals surface area contributed by atoms with Gasteiger partial charge in [0.15, 0.2) is 0 Å². The molecule has 0 spiro atoms. The lowest BCUT2D eigenvalue weighted by atomic mass is 10.1. The van der Waals surface area contributed by atoms with Crippen molar-refractivity contribution in [2.75, 3.05) is 18.4 Å². The van der Waals surface area contributed by atoms with Gasteiger partial charge in [0.2, 0.25) is 0 Å². The van der Waals surface area contributed by atoms with Crippen molar-refractivity contribution in [2.24, 2.45) is 5.92 Å². The number of anilines is 1. The average Bonchev–Trinajstić information content (AvgIpc) is 3.24. The van der Waals surface area contributed by atoms with Crippen LogP contribution in [-0.2, 0) is 0 Å². The Hall–Kier alpha value is -1.51. The molecule has 3 heteroatoms. The van der Waals surface area contributed by atoms with Crippen LogP contribution in [0.1, 0.15) is 50.4 Å². The predicted molar refractivity (Wildman–Crippen MR) is 84.1 cm³/mol. The Morgan fingerprint density at radius 1 is 1.30 bits per heavy atom. The summed E-state index contributed by atoms with van der Waals surface area (Å²) in [5.74, 6) is 0.830. The number of carbonyl (C=O) groups excluding carboxylic acids is 1. The zero-order chi connectivity index (χ0) is 14.5. The van der Waals surface area contributed by atoms with Crippen molar-refractivity contribution in [3.05, 3.63) is 29.8 Å². The molecule has 1 aromatic rings. The van der Waals surface area contributed by atoms with Crippen molar-refractivity contribution < 1.29 is 4.79 Å². The highest BCUT2D eigenvalue weighted by atomic mass is 16.2. The first-order valence-corrected chi connectivity index (χ1v) is 7.76. The summed E-state index contributed by atoms with van der Waals surface area (Å²) in [7, 11) is 0. The molecule has 0 aromatic heterocycles. The summed E-state index contributed by atoms with van der Waals surface area (Å²) >= 11 is 0. The molecule has 1 saturated carbocycles. The summed E-state index contributed by atoms with van der Waals surface area (Å²) in [5.41, 5.74) is 1.88. The van der Waals surface area contributed by atoms with Crippen molar-refractivity contribution in [1.29, 1.82) is 0 Å². The number of nitrogens with zero attached hydrogens (tertiary/aromatic N) is 1. The zero-order valence-corrected chi connectivity index (χ0v) is 12.9. The SMILES string of the molecule is CCNc1ccc(C(=O)N(CCC(C)C)C2CC2)cc1. The van der Waals surface area contributed by atoms with Gasteiger partial charge in [0.05, 0.1) is 0 Å². The summed E-state index contributed by atoms with van der Waals surface area (Å²) in [6.45, 7) is 8.27. The molecule has 0 bridgehead atoms. The van der Waals surface area contributed by atoms with E-state index in [1.807, 2.05) is 24.3 Å². The van der Waals surface area contributed by atoms with E-state index in [4.69, 9.17) is 0 Å². The second kappa shape index (κ2) is 6.78. The highest BCUT2D eigenvalue weighted by Gasteiger charge is 2.32. The van der Waals surface area contributed by atoms with E-state index in [2.05, 4.69) is 31.0 Å². The summed E-state index contributed by atoms with van der Waals surface area (Å²) in [5, 5.41) is 3.25. The highest BCUT2D eigenvalue weighted by molar-refractivity contribution is 5.95. The Morgan fingerprint density at radius 3 is 2.45 bits per heavy atom. The van der Waals surface area contributed by atoms with E-state index in [1.165, 1.54) is 12.8 Å². The number of amides is 1. The van der Waals surface area contributed by atoms with Gasteiger partial charge in [0.25, 0.3) is 5.91 Å². The number of hydrogen-bond donors (Lipinski definition) is 1. The molecular formula is C17H26N2O. The molecule has 1 amide bonds. The lowest BCUT2D eigenvalue weighted by Crippen LogP contribution is -2.34. The minimum absolute atomic E-state index is 0.191. The molecule has 0 saturated heterocycles. The summed E-state index contributed by atoms with van der Waals surface area (Å²) in [6, 6.07) is 8.33. The molecule has 0 radical (unpaired) electrons. The van der Waals surface area contributed by atoms with E-state index in [0.29, 0.717) is 12.0 Å². The van der Waals surface area contributed by atoms with Crippen LogP contribution in [-0.4, -0.2) is 29.9 Å². The second-order valence-corrected chi connectivity index (χ2v) is 6.02. The molecule has 1 fully saturated rings. The van der Waals surface area contributed by atoms with E-state index in [1.54, 1.807) is 0 Å². The normalized spacial score (nSPS) is 14.4. The molecule has 2 rings (SSSR count). The number of hydrogen-bond acceptors (Lipinski definition) is 2. The van der Waals surface area contributed by atoms with E-state index in [-0.39, 0.29) is 5.91 Å². The van der Waals surface area contributed by atoms with Crippen molar-refractivity contribution >= 4 is 11.6 Å². The fraction of sp³-hybridized carbons (Fsp3) is 0.588. The van der Waals surface area contributed by atoms with Crippen molar-refractivity contribution in [1.82, 2.24) is 4.90 Å². The van der Waals surface area contributed by atoms with Crippen LogP contribution in [0.15, 0.2) is 24.3 Å². The highest BCUT2D eigenvalue weighted by Crippen LogP contribution is 2.29. The lowest BCUT2D eigenvalue weighted by Gasteiger charge is -2.23. The first kappa shape index (κ1) is 14.9. The van der Waals surface area contributed by atoms with Crippen LogP contribution in [0.25, 0.3) is 0 Å². The maximum Gasteiger partial charge on any atom is 0.254 e. The monoisotopic (exact) mass is 274 g/mol. The minimum atomic E-state index is 0.191. The second-order valence-electron chi connectivity index (χ2n) is 6.02. The first-order chi connectivity index (χ1) is 9.61. The molecule has 0 unspecified atom stereocenters. The third kappa shape index (κ3) is 3.99. The predicted octanol–water partition coefficient (Wildman–Crippen LogP) is 3.77. The van der Waals surface area contributed by atoms with Gasteiger partial charge >= 0.3 is 0 Å². The van der Waals surface area contributed by atoms with E-state index in [0.717, 1.165) is 30.8 Å². The number of nitrogens with one attached hydrogen (secondary N) is 1. The number of rotatable bonds is 7. The van der Waals surface area contributed by atoms with Crippen LogP contribution < -0.4 is 5.32 Å². The van der Waals surface area contributed by atoms with Crippen molar-refractivity contribution in [2.45, 2.75) is 46.1 Å². The summed E-state index contributed by atoms with van der Waals surface area (Å²) < 4.78 is 0. The van der Waals surface area contributed by atoms with E-state index < -0.39 is 0 Å². The van der Waals surface area contributed by atoms with Crippen LogP contribution in [0.3, 0.4) is 0 Å². The van der Waals surface area contributed by atoms with Gasteiger partial charge in [0.1, 0.15) is 0 Å². The maximum atomic E-state index is 12.6. The molecule has 0 aliphatic heterocycles. The lowest BCUT2D eigenvalue weighted by molar-refractivity contribution is 0.0735. The Kier molecular flexibility index (Phi) is 5.05. The maximum absolute atomic E-state index is 12.6.